The largest absolute Gasteiger partial charge is 0.493 e. The smallest absolute Gasteiger partial charge is 0.234 e. The molecule has 1 saturated heterocycles. The molecule has 2 aromatic carbocycles. The average molecular weight is 428 g/mol. The lowest BCUT2D eigenvalue weighted by atomic mass is 10.1. The van der Waals surface area contributed by atoms with Crippen LogP contribution in [0.15, 0.2) is 36.4 Å². The number of hydrogen-bond acceptors (Lipinski definition) is 6. The maximum atomic E-state index is 12.6. The fourth-order valence-electron chi connectivity index (χ4n) is 3.95. The number of benzene rings is 2. The summed E-state index contributed by atoms with van der Waals surface area (Å²) in [5.74, 6) is 1.04. The monoisotopic (exact) mass is 427 g/mol. The minimum Gasteiger partial charge on any atom is -0.493 e. The van der Waals surface area contributed by atoms with Gasteiger partial charge in [-0.05, 0) is 54.8 Å². The van der Waals surface area contributed by atoms with Crippen LogP contribution in [0.2, 0.25) is 0 Å². The van der Waals surface area contributed by atoms with E-state index < -0.39 is 0 Å². The van der Waals surface area contributed by atoms with E-state index in [1.165, 1.54) is 21.3 Å². The maximum Gasteiger partial charge on any atom is 0.234 e. The predicted molar refractivity (Wildman–Crippen MR) is 118 cm³/mol. The third kappa shape index (κ3) is 5.46. The molecular formula is C23H29N3O5. The van der Waals surface area contributed by atoms with E-state index in [0.717, 1.165) is 30.5 Å². The van der Waals surface area contributed by atoms with Crippen LogP contribution in [0.3, 0.4) is 0 Å². The quantitative estimate of drug-likeness (QED) is 0.637. The third-order valence-corrected chi connectivity index (χ3v) is 5.38. The third-order valence-electron chi connectivity index (χ3n) is 5.38. The summed E-state index contributed by atoms with van der Waals surface area (Å²) in [6.07, 6.45) is 1.90. The average Bonchev–Trinajstić information content (AvgIpc) is 3.21. The second-order valence-corrected chi connectivity index (χ2v) is 7.49. The number of nitrogens with zero attached hydrogens (tertiary/aromatic N) is 1. The van der Waals surface area contributed by atoms with Crippen molar-refractivity contribution in [3.8, 4) is 17.2 Å². The Morgan fingerprint density at radius 2 is 1.77 bits per heavy atom. The molecule has 0 radical (unpaired) electrons. The summed E-state index contributed by atoms with van der Waals surface area (Å²) in [4.78, 5) is 26.3. The van der Waals surface area contributed by atoms with Crippen LogP contribution in [-0.2, 0) is 22.6 Å². The summed E-state index contributed by atoms with van der Waals surface area (Å²) in [5.41, 5.74) is 7.96. The van der Waals surface area contributed by atoms with Gasteiger partial charge in [-0.15, -0.1) is 0 Å². The van der Waals surface area contributed by atoms with Gasteiger partial charge in [-0.3, -0.25) is 14.5 Å². The molecule has 2 aromatic rings. The molecule has 0 aliphatic carbocycles. The summed E-state index contributed by atoms with van der Waals surface area (Å²) >= 11 is 0. The van der Waals surface area contributed by atoms with Gasteiger partial charge in [0.2, 0.25) is 17.6 Å². The van der Waals surface area contributed by atoms with Gasteiger partial charge < -0.3 is 25.3 Å². The van der Waals surface area contributed by atoms with Gasteiger partial charge >= 0.3 is 0 Å². The van der Waals surface area contributed by atoms with Gasteiger partial charge in [-0.2, -0.15) is 0 Å². The number of methoxy groups -OCH3 is 3. The van der Waals surface area contributed by atoms with Crippen LogP contribution in [-0.4, -0.2) is 50.6 Å². The van der Waals surface area contributed by atoms with Gasteiger partial charge in [0.15, 0.2) is 11.5 Å². The standard InChI is InChI=1S/C23H29N3O5/c1-29-19-11-16(12-20(30-2)22(19)31-3)13-21(27)25-17-7-4-6-15(10-17)14-26-9-5-8-18(26)23(24)28/h4,6-7,10-12,18H,5,8-9,13-14H2,1-3H3,(H2,24,28)(H,25,27)/t18-/m1/s1. The van der Waals surface area contributed by atoms with Gasteiger partial charge in [-0.1, -0.05) is 12.1 Å². The first-order valence-electron chi connectivity index (χ1n) is 10.2. The Morgan fingerprint density at radius 1 is 1.06 bits per heavy atom. The molecule has 31 heavy (non-hydrogen) atoms. The molecular weight excluding hydrogens is 398 g/mol. The van der Waals surface area contributed by atoms with Crippen molar-refractivity contribution >= 4 is 17.5 Å². The SMILES string of the molecule is COc1cc(CC(=O)Nc2cccc(CN3CCC[C@@H]3C(N)=O)c2)cc(OC)c1OC. The molecule has 0 aromatic heterocycles. The summed E-state index contributed by atoms with van der Waals surface area (Å²) < 4.78 is 16.0. The van der Waals surface area contributed by atoms with Crippen molar-refractivity contribution in [3.63, 3.8) is 0 Å². The van der Waals surface area contributed by atoms with Crippen LogP contribution in [0.25, 0.3) is 0 Å². The Kier molecular flexibility index (Phi) is 7.36. The summed E-state index contributed by atoms with van der Waals surface area (Å²) in [5, 5.41) is 2.93. The molecule has 0 bridgehead atoms. The van der Waals surface area contributed by atoms with E-state index in [-0.39, 0.29) is 24.3 Å². The van der Waals surface area contributed by atoms with E-state index >= 15 is 0 Å². The molecule has 0 unspecified atom stereocenters. The maximum absolute atomic E-state index is 12.6. The second kappa shape index (κ2) is 10.2. The normalized spacial score (nSPS) is 16.0. The van der Waals surface area contributed by atoms with E-state index in [1.807, 2.05) is 24.3 Å². The number of hydrogen-bond donors (Lipinski definition) is 2. The van der Waals surface area contributed by atoms with Gasteiger partial charge in [0, 0.05) is 12.2 Å². The molecule has 1 atom stereocenters. The zero-order chi connectivity index (χ0) is 22.4. The molecule has 2 amide bonds. The number of amides is 2. The topological polar surface area (TPSA) is 103 Å². The number of carbonyl (C=O) groups excluding carboxylic acids is 2. The lowest BCUT2D eigenvalue weighted by Crippen LogP contribution is -2.39. The number of ether oxygens (including phenoxy) is 3. The van der Waals surface area contributed by atoms with E-state index in [9.17, 15) is 9.59 Å². The van der Waals surface area contributed by atoms with E-state index in [1.54, 1.807) is 12.1 Å². The van der Waals surface area contributed by atoms with Crippen LogP contribution >= 0.6 is 0 Å². The molecule has 1 aliphatic rings. The Labute approximate surface area is 182 Å². The van der Waals surface area contributed by atoms with Gasteiger partial charge in [-0.25, -0.2) is 0 Å². The number of anilines is 1. The van der Waals surface area contributed by atoms with Crippen LogP contribution < -0.4 is 25.3 Å². The van der Waals surface area contributed by atoms with Crippen LogP contribution in [0.5, 0.6) is 17.2 Å². The number of carbonyl (C=O) groups is 2. The summed E-state index contributed by atoms with van der Waals surface area (Å²) in [6.45, 7) is 1.45. The predicted octanol–water partition coefficient (Wildman–Crippen LogP) is 2.34. The fourth-order valence-corrected chi connectivity index (χ4v) is 3.95. The number of rotatable bonds is 9. The summed E-state index contributed by atoms with van der Waals surface area (Å²) in [7, 11) is 4.61. The van der Waals surface area contributed by atoms with Gasteiger partial charge in [0.05, 0.1) is 33.8 Å². The molecule has 8 nitrogen and oxygen atoms in total. The fraction of sp³-hybridized carbons (Fsp3) is 0.391. The number of nitrogens with one attached hydrogen (secondary N) is 1. The Morgan fingerprint density at radius 3 is 2.39 bits per heavy atom. The minimum absolute atomic E-state index is 0.150. The zero-order valence-electron chi connectivity index (χ0n) is 18.1. The number of likely N-dealkylation sites (tertiary alicyclic amines) is 1. The lowest BCUT2D eigenvalue weighted by molar-refractivity contribution is -0.122. The first-order valence-corrected chi connectivity index (χ1v) is 10.2. The van der Waals surface area contributed by atoms with E-state index in [2.05, 4.69) is 10.2 Å². The first-order chi connectivity index (χ1) is 14.9. The van der Waals surface area contributed by atoms with Crippen LogP contribution in [0, 0.1) is 0 Å². The molecule has 1 aliphatic heterocycles. The number of nitrogens with two attached hydrogens (primary N) is 1. The van der Waals surface area contributed by atoms with Gasteiger partial charge in [0.25, 0.3) is 0 Å². The molecule has 3 N–H and O–H groups in total. The van der Waals surface area contributed by atoms with Crippen LogP contribution in [0.1, 0.15) is 24.0 Å². The molecule has 0 spiro atoms. The minimum atomic E-state index is -0.285. The number of primary amides is 1. The van der Waals surface area contributed by atoms with Crippen molar-refractivity contribution in [2.45, 2.75) is 31.8 Å². The van der Waals surface area contributed by atoms with Crippen molar-refractivity contribution < 1.29 is 23.8 Å². The molecule has 166 valence electrons. The molecule has 8 heteroatoms. The Bertz CT molecular complexity index is 922. The Balaban J connectivity index is 1.67. The van der Waals surface area contributed by atoms with E-state index in [0.29, 0.717) is 29.5 Å². The highest BCUT2D eigenvalue weighted by atomic mass is 16.5. The Hall–Kier alpha value is -3.26. The van der Waals surface area contributed by atoms with Crippen LogP contribution in [0.4, 0.5) is 5.69 Å². The highest BCUT2D eigenvalue weighted by Gasteiger charge is 2.28. The van der Waals surface area contributed by atoms with Gasteiger partial charge in [0.1, 0.15) is 0 Å². The van der Waals surface area contributed by atoms with Crippen molar-refractivity contribution in [2.75, 3.05) is 33.2 Å². The van der Waals surface area contributed by atoms with Crippen molar-refractivity contribution in [1.82, 2.24) is 4.90 Å². The molecule has 3 rings (SSSR count). The van der Waals surface area contributed by atoms with E-state index in [4.69, 9.17) is 19.9 Å². The molecule has 1 heterocycles. The molecule has 0 saturated carbocycles. The van der Waals surface area contributed by atoms with Crippen molar-refractivity contribution in [2.24, 2.45) is 5.73 Å². The lowest BCUT2D eigenvalue weighted by Gasteiger charge is -2.22. The highest BCUT2D eigenvalue weighted by molar-refractivity contribution is 5.92. The first kappa shape index (κ1) is 22.4. The van der Waals surface area contributed by atoms with Crippen molar-refractivity contribution in [3.05, 3.63) is 47.5 Å². The second-order valence-electron chi connectivity index (χ2n) is 7.49. The molecule has 1 fully saturated rings. The summed E-state index contributed by atoms with van der Waals surface area (Å²) in [6, 6.07) is 10.9. The highest BCUT2D eigenvalue weighted by Crippen LogP contribution is 2.38. The zero-order valence-corrected chi connectivity index (χ0v) is 18.1. The van der Waals surface area contributed by atoms with Crippen molar-refractivity contribution in [1.29, 1.82) is 0 Å².